The zero-order chi connectivity index (χ0) is 21.5. The van der Waals surface area contributed by atoms with Crippen LogP contribution in [-0.2, 0) is 4.79 Å². The predicted octanol–water partition coefficient (Wildman–Crippen LogP) is 3.86. The van der Waals surface area contributed by atoms with Crippen molar-refractivity contribution < 1.29 is 14.3 Å². The van der Waals surface area contributed by atoms with Gasteiger partial charge in [-0.15, -0.1) is 0 Å². The van der Waals surface area contributed by atoms with E-state index < -0.39 is 0 Å². The lowest BCUT2D eigenvalue weighted by Gasteiger charge is -2.39. The van der Waals surface area contributed by atoms with Gasteiger partial charge in [0, 0.05) is 30.3 Å². The van der Waals surface area contributed by atoms with E-state index in [1.54, 1.807) is 38.3 Å². The first kappa shape index (κ1) is 21.8. The van der Waals surface area contributed by atoms with E-state index in [4.69, 9.17) is 4.74 Å². The number of likely N-dealkylation sites (tertiary alicyclic amines) is 1. The normalized spacial score (nSPS) is 19.2. The second-order valence-corrected chi connectivity index (χ2v) is 7.79. The van der Waals surface area contributed by atoms with E-state index in [0.29, 0.717) is 30.1 Å². The fourth-order valence-electron chi connectivity index (χ4n) is 4.11. The summed E-state index contributed by atoms with van der Waals surface area (Å²) >= 11 is 0. The number of methoxy groups -OCH3 is 1. The Kier molecular flexibility index (Phi) is 7.46. The van der Waals surface area contributed by atoms with Gasteiger partial charge in [0.15, 0.2) is 0 Å². The molecular weight excluding hydrogens is 378 g/mol. The van der Waals surface area contributed by atoms with Gasteiger partial charge in [-0.25, -0.2) is 0 Å². The summed E-state index contributed by atoms with van der Waals surface area (Å²) in [7, 11) is 3.81. The van der Waals surface area contributed by atoms with Crippen molar-refractivity contribution in [3.05, 3.63) is 59.7 Å². The Balaban J connectivity index is 1.67. The largest absolute Gasteiger partial charge is 0.497 e. The quantitative estimate of drug-likeness (QED) is 0.729. The summed E-state index contributed by atoms with van der Waals surface area (Å²) in [6.45, 7) is 3.44. The molecule has 0 bridgehead atoms. The Morgan fingerprint density at radius 3 is 2.63 bits per heavy atom. The number of nitrogens with one attached hydrogen (secondary N) is 2. The van der Waals surface area contributed by atoms with Crippen LogP contribution in [0.15, 0.2) is 48.5 Å². The van der Waals surface area contributed by atoms with E-state index in [-0.39, 0.29) is 17.9 Å². The molecule has 2 atom stereocenters. The number of carbonyl (C=O) groups is 2. The molecule has 6 heteroatoms. The van der Waals surface area contributed by atoms with Crippen molar-refractivity contribution in [3.63, 3.8) is 0 Å². The van der Waals surface area contributed by atoms with E-state index in [1.165, 1.54) is 5.56 Å². The summed E-state index contributed by atoms with van der Waals surface area (Å²) in [5.41, 5.74) is 2.43. The van der Waals surface area contributed by atoms with Crippen LogP contribution in [0.3, 0.4) is 0 Å². The third-order valence-corrected chi connectivity index (χ3v) is 5.72. The maximum atomic E-state index is 12.7. The van der Waals surface area contributed by atoms with E-state index in [1.807, 2.05) is 12.1 Å². The van der Waals surface area contributed by atoms with E-state index in [0.717, 1.165) is 25.1 Å². The first-order chi connectivity index (χ1) is 14.5. The van der Waals surface area contributed by atoms with E-state index in [9.17, 15) is 9.59 Å². The highest BCUT2D eigenvalue weighted by molar-refractivity contribution is 5.97. The third kappa shape index (κ3) is 5.39. The average Bonchev–Trinajstić information content (AvgIpc) is 2.77. The number of hydrogen-bond donors (Lipinski definition) is 2. The second kappa shape index (κ2) is 10.3. The molecule has 6 nitrogen and oxygen atoms in total. The highest BCUT2D eigenvalue weighted by atomic mass is 16.5. The molecule has 2 amide bonds. The van der Waals surface area contributed by atoms with Crippen LogP contribution >= 0.6 is 0 Å². The maximum Gasteiger partial charge on any atom is 0.251 e. The predicted molar refractivity (Wildman–Crippen MR) is 119 cm³/mol. The van der Waals surface area contributed by atoms with Crippen molar-refractivity contribution in [2.24, 2.45) is 5.92 Å². The molecule has 3 rings (SSSR count). The first-order valence-corrected chi connectivity index (χ1v) is 10.5. The number of rotatable bonds is 7. The number of carbonyl (C=O) groups excluding carboxylic acids is 2. The summed E-state index contributed by atoms with van der Waals surface area (Å²) in [4.78, 5) is 26.7. The topological polar surface area (TPSA) is 70.7 Å². The van der Waals surface area contributed by atoms with Gasteiger partial charge >= 0.3 is 0 Å². The summed E-state index contributed by atoms with van der Waals surface area (Å²) in [6.07, 6.45) is 2.58. The number of benzene rings is 2. The van der Waals surface area contributed by atoms with Crippen molar-refractivity contribution in [3.8, 4) is 5.75 Å². The lowest BCUT2D eigenvalue weighted by Crippen LogP contribution is -2.41. The Hall–Kier alpha value is -2.86. The number of anilines is 1. The molecule has 1 aliphatic heterocycles. The molecule has 0 radical (unpaired) electrons. The number of nitrogens with zero attached hydrogens (tertiary/aromatic N) is 1. The molecule has 2 unspecified atom stereocenters. The van der Waals surface area contributed by atoms with Crippen LogP contribution in [0, 0.1) is 5.92 Å². The van der Waals surface area contributed by atoms with Gasteiger partial charge in [0.1, 0.15) is 5.75 Å². The Labute approximate surface area is 178 Å². The van der Waals surface area contributed by atoms with Gasteiger partial charge < -0.3 is 15.4 Å². The molecule has 30 heavy (non-hydrogen) atoms. The zero-order valence-electron chi connectivity index (χ0n) is 18.0. The molecule has 2 N–H and O–H groups in total. The number of ether oxygens (including phenoxy) is 1. The zero-order valence-corrected chi connectivity index (χ0v) is 18.0. The van der Waals surface area contributed by atoms with Gasteiger partial charge in [0.2, 0.25) is 5.91 Å². The van der Waals surface area contributed by atoms with Gasteiger partial charge in [-0.05, 0) is 68.2 Å². The highest BCUT2D eigenvalue weighted by Gasteiger charge is 2.30. The lowest BCUT2D eigenvalue weighted by molar-refractivity contribution is -0.115. The molecule has 0 aliphatic carbocycles. The summed E-state index contributed by atoms with van der Waals surface area (Å²) in [5.74, 6) is 0.977. The van der Waals surface area contributed by atoms with Crippen LogP contribution in [0.5, 0.6) is 5.75 Å². The van der Waals surface area contributed by atoms with Crippen LogP contribution in [0.1, 0.15) is 48.1 Å². The molecule has 1 fully saturated rings. The number of hydrogen-bond acceptors (Lipinski definition) is 4. The van der Waals surface area contributed by atoms with Gasteiger partial charge in [0.05, 0.1) is 7.11 Å². The minimum Gasteiger partial charge on any atom is -0.497 e. The SMILES string of the molecule is CCC(=O)Nc1cccc(C(=O)NCC2CCCN(C)C2c2ccc(OC)cc2)c1. The average molecular weight is 410 g/mol. The number of piperidine rings is 1. The Bertz CT molecular complexity index is 866. The smallest absolute Gasteiger partial charge is 0.251 e. The minimum atomic E-state index is -0.121. The van der Waals surface area contributed by atoms with Crippen molar-refractivity contribution >= 4 is 17.5 Å². The lowest BCUT2D eigenvalue weighted by atomic mass is 9.85. The molecule has 0 aromatic heterocycles. The summed E-state index contributed by atoms with van der Waals surface area (Å²) < 4.78 is 5.28. The van der Waals surface area contributed by atoms with Gasteiger partial charge in [-0.2, -0.15) is 0 Å². The Morgan fingerprint density at radius 1 is 1.17 bits per heavy atom. The molecule has 2 aromatic rings. The van der Waals surface area contributed by atoms with Crippen molar-refractivity contribution in [2.45, 2.75) is 32.2 Å². The van der Waals surface area contributed by atoms with Crippen molar-refractivity contribution in [1.29, 1.82) is 0 Å². The molecule has 1 heterocycles. The summed E-state index contributed by atoms with van der Waals surface area (Å²) in [6, 6.07) is 15.5. The number of amides is 2. The van der Waals surface area contributed by atoms with Crippen LogP contribution < -0.4 is 15.4 Å². The van der Waals surface area contributed by atoms with Crippen molar-refractivity contribution in [1.82, 2.24) is 10.2 Å². The van der Waals surface area contributed by atoms with Gasteiger partial charge in [0.25, 0.3) is 5.91 Å². The van der Waals surface area contributed by atoms with Crippen molar-refractivity contribution in [2.75, 3.05) is 32.6 Å². The maximum absolute atomic E-state index is 12.7. The van der Waals surface area contributed by atoms with Crippen LogP contribution in [0.25, 0.3) is 0 Å². The monoisotopic (exact) mass is 409 g/mol. The van der Waals surface area contributed by atoms with Crippen LogP contribution in [0.2, 0.25) is 0 Å². The van der Waals surface area contributed by atoms with Gasteiger partial charge in [-0.1, -0.05) is 25.1 Å². The fraction of sp³-hybridized carbons (Fsp3) is 0.417. The van der Waals surface area contributed by atoms with Crippen LogP contribution in [-0.4, -0.2) is 44.0 Å². The van der Waals surface area contributed by atoms with Crippen LogP contribution in [0.4, 0.5) is 5.69 Å². The molecule has 2 aromatic carbocycles. The molecular formula is C24H31N3O3. The minimum absolute atomic E-state index is 0.0693. The fourth-order valence-corrected chi connectivity index (χ4v) is 4.11. The standard InChI is InChI=1S/C24H31N3O3/c1-4-22(28)26-20-9-5-7-18(15-20)24(29)25-16-19-8-6-14-27(2)23(19)17-10-12-21(30-3)13-11-17/h5,7,9-13,15,19,23H,4,6,8,14,16H2,1-3H3,(H,25,29)(H,26,28). The first-order valence-electron chi connectivity index (χ1n) is 10.5. The molecule has 0 saturated carbocycles. The Morgan fingerprint density at radius 2 is 1.93 bits per heavy atom. The molecule has 160 valence electrons. The molecule has 1 aliphatic rings. The van der Waals surface area contributed by atoms with E-state index >= 15 is 0 Å². The highest BCUT2D eigenvalue weighted by Crippen LogP contribution is 2.35. The van der Waals surface area contributed by atoms with Gasteiger partial charge in [-0.3, -0.25) is 14.5 Å². The molecule has 1 saturated heterocycles. The third-order valence-electron chi connectivity index (χ3n) is 5.72. The second-order valence-electron chi connectivity index (χ2n) is 7.79. The van der Waals surface area contributed by atoms with E-state index in [2.05, 4.69) is 34.7 Å². The molecule has 0 spiro atoms. The summed E-state index contributed by atoms with van der Waals surface area (Å²) in [5, 5.41) is 5.90.